The summed E-state index contributed by atoms with van der Waals surface area (Å²) in [5.41, 5.74) is 1.23. The SMILES string of the molecule is C=NCc1ccc2c(c1)sc1ccccc12. The van der Waals surface area contributed by atoms with Crippen LogP contribution in [0.2, 0.25) is 0 Å². The van der Waals surface area contributed by atoms with Gasteiger partial charge in [-0.25, -0.2) is 0 Å². The summed E-state index contributed by atoms with van der Waals surface area (Å²) in [5.74, 6) is 0. The van der Waals surface area contributed by atoms with Gasteiger partial charge in [-0.05, 0) is 24.4 Å². The fourth-order valence-corrected chi connectivity index (χ4v) is 3.17. The molecule has 2 heteroatoms. The summed E-state index contributed by atoms with van der Waals surface area (Å²) in [5, 5.41) is 2.69. The molecule has 1 heterocycles. The predicted molar refractivity (Wildman–Crippen MR) is 72.6 cm³/mol. The van der Waals surface area contributed by atoms with E-state index in [0.717, 1.165) is 0 Å². The fourth-order valence-electron chi connectivity index (χ4n) is 2.00. The van der Waals surface area contributed by atoms with Gasteiger partial charge in [0.2, 0.25) is 0 Å². The van der Waals surface area contributed by atoms with E-state index in [1.807, 2.05) is 11.3 Å². The van der Waals surface area contributed by atoms with Gasteiger partial charge in [-0.2, -0.15) is 0 Å². The highest BCUT2D eigenvalue weighted by molar-refractivity contribution is 7.25. The summed E-state index contributed by atoms with van der Waals surface area (Å²) in [4.78, 5) is 3.92. The largest absolute Gasteiger partial charge is 0.296 e. The number of hydrogen-bond donors (Lipinski definition) is 0. The average molecular weight is 225 g/mol. The maximum absolute atomic E-state index is 3.92. The third kappa shape index (κ3) is 1.42. The van der Waals surface area contributed by atoms with Crippen LogP contribution in [-0.2, 0) is 6.54 Å². The van der Waals surface area contributed by atoms with Crippen molar-refractivity contribution in [1.29, 1.82) is 0 Å². The van der Waals surface area contributed by atoms with Gasteiger partial charge in [-0.1, -0.05) is 30.3 Å². The van der Waals surface area contributed by atoms with Crippen LogP contribution >= 0.6 is 11.3 Å². The minimum atomic E-state index is 0.699. The summed E-state index contributed by atoms with van der Waals surface area (Å²) < 4.78 is 2.68. The summed E-state index contributed by atoms with van der Waals surface area (Å²) in [6.07, 6.45) is 0. The molecule has 1 aromatic heterocycles. The van der Waals surface area contributed by atoms with Crippen molar-refractivity contribution < 1.29 is 0 Å². The molecule has 78 valence electrons. The van der Waals surface area contributed by atoms with Crippen LogP contribution in [0.25, 0.3) is 20.2 Å². The minimum Gasteiger partial charge on any atom is -0.296 e. The zero-order valence-corrected chi connectivity index (χ0v) is 9.63. The topological polar surface area (TPSA) is 12.4 Å². The van der Waals surface area contributed by atoms with Crippen LogP contribution in [0.15, 0.2) is 47.5 Å². The van der Waals surface area contributed by atoms with E-state index < -0.39 is 0 Å². The molecule has 0 saturated carbocycles. The number of rotatable bonds is 2. The molecule has 2 aromatic carbocycles. The molecule has 0 aliphatic heterocycles. The summed E-state index contributed by atoms with van der Waals surface area (Å²) in [7, 11) is 0. The Morgan fingerprint density at radius 3 is 2.69 bits per heavy atom. The second kappa shape index (κ2) is 3.72. The smallest absolute Gasteiger partial charge is 0.0633 e. The summed E-state index contributed by atoms with van der Waals surface area (Å²) in [6.45, 7) is 4.23. The Morgan fingerprint density at radius 1 is 1.00 bits per heavy atom. The van der Waals surface area contributed by atoms with Gasteiger partial charge in [0.15, 0.2) is 0 Å². The fraction of sp³-hybridized carbons (Fsp3) is 0.0714. The Kier molecular flexibility index (Phi) is 2.22. The predicted octanol–water partition coefficient (Wildman–Crippen LogP) is 4.26. The first-order chi connectivity index (χ1) is 7.88. The highest BCUT2D eigenvalue weighted by Gasteiger charge is 2.04. The lowest BCUT2D eigenvalue weighted by Crippen LogP contribution is -1.78. The lowest BCUT2D eigenvalue weighted by Gasteiger charge is -1.96. The number of benzene rings is 2. The van der Waals surface area contributed by atoms with E-state index in [2.05, 4.69) is 54.2 Å². The van der Waals surface area contributed by atoms with Crippen molar-refractivity contribution >= 4 is 38.2 Å². The van der Waals surface area contributed by atoms with Crippen LogP contribution in [0.5, 0.6) is 0 Å². The van der Waals surface area contributed by atoms with Crippen LogP contribution in [0.1, 0.15) is 5.56 Å². The van der Waals surface area contributed by atoms with E-state index >= 15 is 0 Å². The third-order valence-corrected chi connectivity index (χ3v) is 3.87. The van der Waals surface area contributed by atoms with Crippen LogP contribution in [0.3, 0.4) is 0 Å². The van der Waals surface area contributed by atoms with E-state index in [9.17, 15) is 0 Å². The van der Waals surface area contributed by atoms with E-state index in [4.69, 9.17) is 0 Å². The van der Waals surface area contributed by atoms with Crippen LogP contribution in [0, 0.1) is 0 Å². The Bertz CT molecular complexity index is 667. The molecule has 0 amide bonds. The molecule has 0 bridgehead atoms. The van der Waals surface area contributed by atoms with Crippen molar-refractivity contribution in [3.8, 4) is 0 Å². The number of aliphatic imine (C=N–C) groups is 1. The molecule has 0 radical (unpaired) electrons. The van der Waals surface area contributed by atoms with Gasteiger partial charge < -0.3 is 0 Å². The Hall–Kier alpha value is -1.67. The van der Waals surface area contributed by atoms with Gasteiger partial charge in [0.1, 0.15) is 0 Å². The third-order valence-electron chi connectivity index (χ3n) is 2.74. The molecule has 0 aliphatic carbocycles. The molecule has 3 rings (SSSR count). The standard InChI is InChI=1S/C14H11NS/c1-15-9-10-6-7-12-11-4-2-3-5-13(11)16-14(12)8-10/h2-8H,1,9H2. The average Bonchev–Trinajstić information content (AvgIpc) is 2.67. The monoisotopic (exact) mass is 225 g/mol. The molecule has 16 heavy (non-hydrogen) atoms. The number of nitrogens with zero attached hydrogens (tertiary/aromatic N) is 1. The van der Waals surface area contributed by atoms with E-state index in [0.29, 0.717) is 6.54 Å². The zero-order valence-electron chi connectivity index (χ0n) is 8.81. The normalized spacial score (nSPS) is 11.0. The lowest BCUT2D eigenvalue weighted by atomic mass is 10.1. The number of hydrogen-bond acceptors (Lipinski definition) is 2. The van der Waals surface area contributed by atoms with Gasteiger partial charge in [-0.3, -0.25) is 4.99 Å². The van der Waals surface area contributed by atoms with Crippen molar-refractivity contribution in [2.24, 2.45) is 4.99 Å². The molecular weight excluding hydrogens is 214 g/mol. The van der Waals surface area contributed by atoms with Gasteiger partial charge >= 0.3 is 0 Å². The molecule has 3 aromatic rings. The molecule has 0 unspecified atom stereocenters. The van der Waals surface area contributed by atoms with E-state index in [-0.39, 0.29) is 0 Å². The van der Waals surface area contributed by atoms with Crippen molar-refractivity contribution in [2.45, 2.75) is 6.54 Å². The van der Waals surface area contributed by atoms with Crippen LogP contribution in [-0.4, -0.2) is 6.72 Å². The number of fused-ring (bicyclic) bond motifs is 3. The van der Waals surface area contributed by atoms with Gasteiger partial charge in [0, 0.05) is 20.2 Å². The zero-order chi connectivity index (χ0) is 11.0. The second-order valence-electron chi connectivity index (χ2n) is 3.81. The highest BCUT2D eigenvalue weighted by atomic mass is 32.1. The van der Waals surface area contributed by atoms with Gasteiger partial charge in [-0.15, -0.1) is 11.3 Å². The Balaban J connectivity index is 2.32. The maximum atomic E-state index is 3.92. The van der Waals surface area contributed by atoms with Crippen molar-refractivity contribution in [3.63, 3.8) is 0 Å². The molecule has 0 spiro atoms. The maximum Gasteiger partial charge on any atom is 0.0633 e. The Morgan fingerprint density at radius 2 is 1.81 bits per heavy atom. The summed E-state index contributed by atoms with van der Waals surface area (Å²) in [6, 6.07) is 15.1. The first-order valence-corrected chi connectivity index (χ1v) is 6.03. The van der Waals surface area contributed by atoms with Gasteiger partial charge in [0.05, 0.1) is 6.54 Å². The van der Waals surface area contributed by atoms with Crippen LogP contribution in [0.4, 0.5) is 0 Å². The molecule has 0 fully saturated rings. The molecule has 0 N–H and O–H groups in total. The van der Waals surface area contributed by atoms with Crippen molar-refractivity contribution in [2.75, 3.05) is 0 Å². The van der Waals surface area contributed by atoms with Crippen molar-refractivity contribution in [3.05, 3.63) is 48.0 Å². The highest BCUT2D eigenvalue weighted by Crippen LogP contribution is 2.34. The molecule has 0 saturated heterocycles. The second-order valence-corrected chi connectivity index (χ2v) is 4.89. The van der Waals surface area contributed by atoms with E-state index in [1.54, 1.807) is 0 Å². The summed E-state index contributed by atoms with van der Waals surface area (Å²) >= 11 is 1.84. The van der Waals surface area contributed by atoms with Gasteiger partial charge in [0.25, 0.3) is 0 Å². The molecule has 0 aliphatic rings. The van der Waals surface area contributed by atoms with E-state index in [1.165, 1.54) is 25.7 Å². The lowest BCUT2D eigenvalue weighted by molar-refractivity contribution is 1.09. The van der Waals surface area contributed by atoms with Crippen molar-refractivity contribution in [1.82, 2.24) is 0 Å². The number of thiophene rings is 1. The molecule has 1 nitrogen and oxygen atoms in total. The molecular formula is C14H11NS. The first kappa shape index (κ1) is 9.55. The minimum absolute atomic E-state index is 0.699. The Labute approximate surface area is 98.1 Å². The quantitative estimate of drug-likeness (QED) is 0.578. The first-order valence-electron chi connectivity index (χ1n) is 5.21. The molecule has 0 atom stereocenters. The van der Waals surface area contributed by atoms with Crippen LogP contribution < -0.4 is 0 Å².